The number of piperidine rings is 1. The highest BCUT2D eigenvalue weighted by Gasteiger charge is 2.21. The predicted molar refractivity (Wildman–Crippen MR) is 47.4 cm³/mol. The van der Waals surface area contributed by atoms with Gasteiger partial charge in [-0.25, -0.2) is 0 Å². The van der Waals surface area contributed by atoms with Crippen LogP contribution < -0.4 is 5.73 Å². The van der Waals surface area contributed by atoms with Gasteiger partial charge in [0, 0.05) is 12.6 Å². The molecule has 68 valence electrons. The number of nitrogens with two attached hydrogens (primary N) is 1. The molecule has 0 aromatic heterocycles. The Hall–Kier alpha value is -0.120. The summed E-state index contributed by atoms with van der Waals surface area (Å²) >= 11 is 0. The van der Waals surface area contributed by atoms with Crippen molar-refractivity contribution in [1.82, 2.24) is 4.90 Å². The minimum Gasteiger partial charge on any atom is -0.390 e. The molecule has 0 bridgehead atoms. The Morgan fingerprint density at radius 2 is 2.00 bits per heavy atom. The van der Waals surface area contributed by atoms with Crippen molar-refractivity contribution in [2.75, 3.05) is 20.1 Å². The number of aliphatic hydroxyl groups excluding tert-OH is 1. The zero-order valence-corrected chi connectivity index (χ0v) is 7.75. The molecule has 1 rings (SSSR count). The van der Waals surface area contributed by atoms with E-state index in [0.29, 0.717) is 0 Å². The van der Waals surface area contributed by atoms with E-state index in [4.69, 9.17) is 5.73 Å². The van der Waals surface area contributed by atoms with Crippen LogP contribution in [-0.2, 0) is 0 Å². The Labute approximate surface area is 69.2 Å². The van der Waals surface area contributed by atoms with E-state index in [-0.39, 0.29) is 12.1 Å². The molecule has 0 aromatic rings. The molecule has 3 heteroatoms. The van der Waals surface area contributed by atoms with Crippen LogP contribution in [0.25, 0.3) is 0 Å². The van der Waals surface area contributed by atoms with Gasteiger partial charge in [0.15, 0.2) is 0 Å². The maximum atomic E-state index is 9.18. The van der Waals surface area contributed by atoms with E-state index in [1.165, 1.54) is 0 Å². The number of hydrogen-bond donors (Lipinski definition) is 2. The largest absolute Gasteiger partial charge is 0.390 e. The highest BCUT2D eigenvalue weighted by atomic mass is 16.3. The van der Waals surface area contributed by atoms with Crippen LogP contribution in [0.2, 0.25) is 0 Å². The smallest absolute Gasteiger partial charge is 0.0818 e. The average Bonchev–Trinajstić information content (AvgIpc) is 2.02. The van der Waals surface area contributed by atoms with Gasteiger partial charge in [-0.1, -0.05) is 13.8 Å². The van der Waals surface area contributed by atoms with E-state index in [2.05, 4.69) is 4.90 Å². The molecule has 2 atom stereocenters. The summed E-state index contributed by atoms with van der Waals surface area (Å²) in [7, 11) is 2.00. The van der Waals surface area contributed by atoms with E-state index in [9.17, 15) is 5.11 Å². The first-order valence-electron chi connectivity index (χ1n) is 4.32. The number of β-amino-alcohol motifs (C(OH)–C–C–N with tert-alkyl or cyclic N) is 1. The Morgan fingerprint density at radius 3 is 2.36 bits per heavy atom. The number of hydrogen-bond acceptors (Lipinski definition) is 3. The summed E-state index contributed by atoms with van der Waals surface area (Å²) in [4.78, 5) is 2.09. The molecule has 0 spiro atoms. The quantitative estimate of drug-likeness (QED) is 0.526. The van der Waals surface area contributed by atoms with E-state index in [1.54, 1.807) is 0 Å². The molecule has 3 nitrogen and oxygen atoms in total. The number of rotatable bonds is 0. The zero-order valence-electron chi connectivity index (χ0n) is 7.75. The van der Waals surface area contributed by atoms with Crippen molar-refractivity contribution >= 4 is 0 Å². The van der Waals surface area contributed by atoms with Crippen LogP contribution in [0.1, 0.15) is 20.3 Å². The highest BCUT2D eigenvalue weighted by Crippen LogP contribution is 2.05. The van der Waals surface area contributed by atoms with Gasteiger partial charge in [-0.2, -0.15) is 0 Å². The van der Waals surface area contributed by atoms with E-state index < -0.39 is 0 Å². The van der Waals surface area contributed by atoms with Gasteiger partial charge >= 0.3 is 0 Å². The summed E-state index contributed by atoms with van der Waals surface area (Å²) < 4.78 is 0. The van der Waals surface area contributed by atoms with Crippen LogP contribution in [0, 0.1) is 0 Å². The van der Waals surface area contributed by atoms with Crippen molar-refractivity contribution in [1.29, 1.82) is 0 Å². The van der Waals surface area contributed by atoms with Crippen LogP contribution >= 0.6 is 0 Å². The first-order valence-corrected chi connectivity index (χ1v) is 4.32. The average molecular weight is 160 g/mol. The fourth-order valence-electron chi connectivity index (χ4n) is 1.11. The van der Waals surface area contributed by atoms with Crippen LogP contribution in [0.15, 0.2) is 0 Å². The summed E-state index contributed by atoms with van der Waals surface area (Å²) in [5.41, 5.74) is 5.56. The van der Waals surface area contributed by atoms with Gasteiger partial charge < -0.3 is 15.7 Å². The Kier molecular flexibility index (Phi) is 5.46. The minimum atomic E-state index is -0.316. The molecule has 0 aliphatic carbocycles. The van der Waals surface area contributed by atoms with Gasteiger partial charge in [0.1, 0.15) is 0 Å². The summed E-state index contributed by atoms with van der Waals surface area (Å²) in [5, 5.41) is 9.18. The van der Waals surface area contributed by atoms with Crippen molar-refractivity contribution < 1.29 is 5.11 Å². The molecule has 1 saturated heterocycles. The fraction of sp³-hybridized carbons (Fsp3) is 1.00. The number of likely N-dealkylation sites (N-methyl/N-ethyl adjacent to an activating group) is 1. The first-order chi connectivity index (χ1) is 5.20. The predicted octanol–water partition coefficient (Wildman–Crippen LogP) is 0.0363. The molecule has 0 unspecified atom stereocenters. The van der Waals surface area contributed by atoms with E-state index in [1.807, 2.05) is 20.9 Å². The third-order valence-electron chi connectivity index (χ3n) is 1.84. The molecular weight excluding hydrogens is 140 g/mol. The van der Waals surface area contributed by atoms with Crippen molar-refractivity contribution in [2.24, 2.45) is 5.73 Å². The SMILES string of the molecule is CC.CN1CC[C@@H](N)[C@@H](O)C1. The van der Waals surface area contributed by atoms with Gasteiger partial charge in [0.05, 0.1) is 6.10 Å². The molecule has 0 aromatic carbocycles. The first kappa shape index (κ1) is 10.9. The van der Waals surface area contributed by atoms with Gasteiger partial charge in [-0.3, -0.25) is 0 Å². The second-order valence-corrected chi connectivity index (χ2v) is 2.78. The summed E-state index contributed by atoms with van der Waals surface area (Å²) in [5.74, 6) is 0. The second-order valence-electron chi connectivity index (χ2n) is 2.78. The molecule has 11 heavy (non-hydrogen) atoms. The van der Waals surface area contributed by atoms with Crippen LogP contribution in [0.3, 0.4) is 0 Å². The lowest BCUT2D eigenvalue weighted by Gasteiger charge is -2.31. The second kappa shape index (κ2) is 5.52. The molecule has 0 amide bonds. The maximum Gasteiger partial charge on any atom is 0.0818 e. The van der Waals surface area contributed by atoms with Crippen molar-refractivity contribution in [3.63, 3.8) is 0 Å². The van der Waals surface area contributed by atoms with Crippen LogP contribution in [-0.4, -0.2) is 42.3 Å². The van der Waals surface area contributed by atoms with Crippen molar-refractivity contribution in [3.05, 3.63) is 0 Å². The molecule has 1 aliphatic rings. The number of nitrogens with zero attached hydrogens (tertiary/aromatic N) is 1. The van der Waals surface area contributed by atoms with Gasteiger partial charge in [0.25, 0.3) is 0 Å². The van der Waals surface area contributed by atoms with Crippen molar-refractivity contribution in [3.8, 4) is 0 Å². The molecule has 3 N–H and O–H groups in total. The fourth-order valence-corrected chi connectivity index (χ4v) is 1.11. The summed E-state index contributed by atoms with van der Waals surface area (Å²) in [6.45, 7) is 5.74. The molecule has 1 fully saturated rings. The van der Waals surface area contributed by atoms with E-state index in [0.717, 1.165) is 19.5 Å². The third-order valence-corrected chi connectivity index (χ3v) is 1.84. The number of likely N-dealkylation sites (tertiary alicyclic amines) is 1. The van der Waals surface area contributed by atoms with Gasteiger partial charge in [-0.15, -0.1) is 0 Å². The third kappa shape index (κ3) is 3.70. The normalized spacial score (nSPS) is 32.5. The maximum absolute atomic E-state index is 9.18. The Morgan fingerprint density at radius 1 is 1.45 bits per heavy atom. The summed E-state index contributed by atoms with van der Waals surface area (Å²) in [6, 6.07) is 0.00111. The lowest BCUT2D eigenvalue weighted by atomic mass is 10.0. The minimum absolute atomic E-state index is 0.00111. The molecule has 0 saturated carbocycles. The molecule has 1 aliphatic heterocycles. The highest BCUT2D eigenvalue weighted by molar-refractivity contribution is 4.80. The standard InChI is InChI=1S/C6H14N2O.C2H6/c1-8-3-2-5(7)6(9)4-8;1-2/h5-6,9H,2-4,7H2,1H3;1-2H3/t5-,6+;/m1./s1. The van der Waals surface area contributed by atoms with Crippen molar-refractivity contribution in [2.45, 2.75) is 32.4 Å². The topological polar surface area (TPSA) is 49.5 Å². The van der Waals surface area contributed by atoms with Gasteiger partial charge in [-0.05, 0) is 20.0 Å². The monoisotopic (exact) mass is 160 g/mol. The van der Waals surface area contributed by atoms with E-state index >= 15 is 0 Å². The number of aliphatic hydroxyl groups is 1. The molecule has 1 heterocycles. The Balaban J connectivity index is 0.000000461. The molecular formula is C8H20N2O. The molecule has 0 radical (unpaired) electrons. The summed E-state index contributed by atoms with van der Waals surface area (Å²) in [6.07, 6.45) is 0.598. The van der Waals surface area contributed by atoms with Crippen LogP contribution in [0.4, 0.5) is 0 Å². The van der Waals surface area contributed by atoms with Gasteiger partial charge in [0.2, 0.25) is 0 Å². The Bertz CT molecular complexity index is 98.1. The lowest BCUT2D eigenvalue weighted by molar-refractivity contribution is 0.0661. The zero-order chi connectivity index (χ0) is 8.85. The lowest BCUT2D eigenvalue weighted by Crippen LogP contribution is -2.49. The van der Waals surface area contributed by atoms with Crippen LogP contribution in [0.5, 0.6) is 0 Å².